The third kappa shape index (κ3) is 2.20. The first-order valence-corrected chi connectivity index (χ1v) is 7.12. The van der Waals surface area contributed by atoms with Gasteiger partial charge in [-0.15, -0.1) is 11.3 Å². The van der Waals surface area contributed by atoms with Gasteiger partial charge in [-0.2, -0.15) is 0 Å². The predicted octanol–water partition coefficient (Wildman–Crippen LogP) is 4.06. The Morgan fingerprint density at radius 1 is 1.20 bits per heavy atom. The second-order valence-corrected chi connectivity index (χ2v) is 5.75. The van der Waals surface area contributed by atoms with Crippen molar-refractivity contribution in [1.29, 1.82) is 0 Å². The van der Waals surface area contributed by atoms with Crippen molar-refractivity contribution in [3.63, 3.8) is 0 Å². The lowest BCUT2D eigenvalue weighted by molar-refractivity contribution is 0.415. The Bertz CT molecular complexity index is 767. The molecule has 0 aliphatic carbocycles. The Balaban J connectivity index is 2.06. The van der Waals surface area contributed by atoms with Crippen molar-refractivity contribution in [2.45, 2.75) is 13.8 Å². The molecule has 0 saturated heterocycles. The van der Waals surface area contributed by atoms with Crippen molar-refractivity contribution in [2.75, 3.05) is 12.4 Å². The van der Waals surface area contributed by atoms with Gasteiger partial charge in [-0.25, -0.2) is 9.97 Å². The summed E-state index contributed by atoms with van der Waals surface area (Å²) in [6.45, 7) is 4.21. The van der Waals surface area contributed by atoms with Gasteiger partial charge in [0.15, 0.2) is 0 Å². The van der Waals surface area contributed by atoms with Gasteiger partial charge in [-0.05, 0) is 31.5 Å². The third-order valence-corrected chi connectivity index (χ3v) is 4.41. The van der Waals surface area contributed by atoms with Crippen LogP contribution in [0.25, 0.3) is 10.2 Å². The highest BCUT2D eigenvalue weighted by Crippen LogP contribution is 2.34. The Morgan fingerprint density at radius 3 is 2.85 bits per heavy atom. The number of anilines is 2. The largest absolute Gasteiger partial charge is 0.497 e. The van der Waals surface area contributed by atoms with E-state index in [0.717, 1.165) is 27.5 Å². The van der Waals surface area contributed by atoms with E-state index in [9.17, 15) is 0 Å². The van der Waals surface area contributed by atoms with Crippen LogP contribution in [0.1, 0.15) is 10.4 Å². The number of ether oxygens (including phenoxy) is 1. The van der Waals surface area contributed by atoms with E-state index in [1.165, 1.54) is 10.4 Å². The molecule has 0 fully saturated rings. The maximum Gasteiger partial charge on any atom is 0.142 e. The molecule has 0 bridgehead atoms. The van der Waals surface area contributed by atoms with Crippen LogP contribution in [0.5, 0.6) is 5.75 Å². The van der Waals surface area contributed by atoms with E-state index in [1.807, 2.05) is 24.3 Å². The number of thiophene rings is 1. The molecule has 0 aliphatic heterocycles. The van der Waals surface area contributed by atoms with Crippen molar-refractivity contribution < 1.29 is 4.74 Å². The number of hydrogen-bond acceptors (Lipinski definition) is 5. The minimum Gasteiger partial charge on any atom is -0.497 e. The highest BCUT2D eigenvalue weighted by atomic mass is 32.1. The van der Waals surface area contributed by atoms with Crippen LogP contribution in [0.15, 0.2) is 30.6 Å². The molecule has 102 valence electrons. The summed E-state index contributed by atoms with van der Waals surface area (Å²) in [5, 5.41) is 4.45. The molecule has 0 amide bonds. The van der Waals surface area contributed by atoms with Crippen LogP contribution in [0.2, 0.25) is 0 Å². The number of rotatable bonds is 3. The van der Waals surface area contributed by atoms with Crippen LogP contribution < -0.4 is 10.1 Å². The van der Waals surface area contributed by atoms with Crippen LogP contribution in [0.4, 0.5) is 11.5 Å². The van der Waals surface area contributed by atoms with Gasteiger partial charge in [0.25, 0.3) is 0 Å². The van der Waals surface area contributed by atoms with Crippen LogP contribution in [-0.2, 0) is 0 Å². The first-order chi connectivity index (χ1) is 9.69. The highest BCUT2D eigenvalue weighted by Gasteiger charge is 2.12. The zero-order valence-electron chi connectivity index (χ0n) is 11.6. The van der Waals surface area contributed by atoms with Gasteiger partial charge in [0.2, 0.25) is 0 Å². The van der Waals surface area contributed by atoms with Crippen LogP contribution in [0.3, 0.4) is 0 Å². The maximum atomic E-state index is 5.24. The van der Waals surface area contributed by atoms with Gasteiger partial charge in [0.05, 0.1) is 12.5 Å². The molecule has 0 radical (unpaired) electrons. The Hall–Kier alpha value is -2.14. The Kier molecular flexibility index (Phi) is 3.28. The van der Waals surface area contributed by atoms with E-state index in [1.54, 1.807) is 24.8 Å². The number of fused-ring (bicyclic) bond motifs is 1. The third-order valence-electron chi connectivity index (χ3n) is 3.30. The summed E-state index contributed by atoms with van der Waals surface area (Å²) in [5.74, 6) is 1.66. The minimum absolute atomic E-state index is 0.818. The summed E-state index contributed by atoms with van der Waals surface area (Å²) in [6.07, 6.45) is 1.60. The molecule has 1 aromatic carbocycles. The van der Waals surface area contributed by atoms with E-state index in [2.05, 4.69) is 29.1 Å². The molecular weight excluding hydrogens is 270 g/mol. The lowest BCUT2D eigenvalue weighted by atomic mass is 10.2. The van der Waals surface area contributed by atoms with Gasteiger partial charge < -0.3 is 10.1 Å². The van der Waals surface area contributed by atoms with Gasteiger partial charge in [0, 0.05) is 16.6 Å². The average Bonchev–Trinajstić information content (AvgIpc) is 2.75. The summed E-state index contributed by atoms with van der Waals surface area (Å²) in [7, 11) is 1.66. The number of nitrogens with zero attached hydrogens (tertiary/aromatic N) is 2. The molecule has 0 atom stereocenters. The molecule has 3 aromatic rings. The van der Waals surface area contributed by atoms with Crippen LogP contribution in [0, 0.1) is 13.8 Å². The average molecular weight is 285 g/mol. The number of methoxy groups -OCH3 is 1. The normalized spacial score (nSPS) is 10.8. The maximum absolute atomic E-state index is 5.24. The van der Waals surface area contributed by atoms with E-state index in [0.29, 0.717) is 0 Å². The quantitative estimate of drug-likeness (QED) is 0.788. The molecule has 2 heterocycles. The fourth-order valence-corrected chi connectivity index (χ4v) is 3.11. The molecule has 0 spiro atoms. The smallest absolute Gasteiger partial charge is 0.142 e. The van der Waals surface area contributed by atoms with Crippen LogP contribution >= 0.6 is 11.3 Å². The molecule has 0 unspecified atom stereocenters. The molecule has 4 nitrogen and oxygen atoms in total. The lowest BCUT2D eigenvalue weighted by Crippen LogP contribution is -1.96. The standard InChI is InChI=1S/C15H15N3OS/c1-9-10(2)20-15-13(9)14(16-8-17-15)18-11-5-4-6-12(7-11)19-3/h4-8H,1-3H3,(H,16,17,18). The number of aryl methyl sites for hydroxylation is 2. The Labute approximate surface area is 121 Å². The number of nitrogens with one attached hydrogen (secondary N) is 1. The van der Waals surface area contributed by atoms with Gasteiger partial charge in [-0.3, -0.25) is 0 Å². The SMILES string of the molecule is COc1cccc(Nc2ncnc3sc(C)c(C)c23)c1. The zero-order valence-corrected chi connectivity index (χ0v) is 12.4. The van der Waals surface area contributed by atoms with Gasteiger partial charge in [0.1, 0.15) is 22.7 Å². The summed E-state index contributed by atoms with van der Waals surface area (Å²) >= 11 is 1.70. The molecule has 2 aromatic heterocycles. The van der Waals surface area contributed by atoms with Crippen molar-refractivity contribution in [2.24, 2.45) is 0 Å². The molecular formula is C15H15N3OS. The topological polar surface area (TPSA) is 47.0 Å². The van der Waals surface area contributed by atoms with Crippen molar-refractivity contribution >= 4 is 33.1 Å². The molecule has 20 heavy (non-hydrogen) atoms. The van der Waals surface area contributed by atoms with Crippen LogP contribution in [-0.4, -0.2) is 17.1 Å². The number of aromatic nitrogens is 2. The zero-order chi connectivity index (χ0) is 14.1. The lowest BCUT2D eigenvalue weighted by Gasteiger charge is -2.08. The Morgan fingerprint density at radius 2 is 2.05 bits per heavy atom. The van der Waals surface area contributed by atoms with E-state index >= 15 is 0 Å². The molecule has 1 N–H and O–H groups in total. The summed E-state index contributed by atoms with van der Waals surface area (Å²) in [6, 6.07) is 7.81. The molecule has 0 aliphatic rings. The predicted molar refractivity (Wildman–Crippen MR) is 83.2 cm³/mol. The molecule has 0 saturated carbocycles. The number of hydrogen-bond donors (Lipinski definition) is 1. The van der Waals surface area contributed by atoms with Crippen molar-refractivity contribution in [1.82, 2.24) is 9.97 Å². The van der Waals surface area contributed by atoms with Gasteiger partial charge in [-0.1, -0.05) is 6.07 Å². The molecule has 5 heteroatoms. The van der Waals surface area contributed by atoms with E-state index in [4.69, 9.17) is 4.74 Å². The van der Waals surface area contributed by atoms with Crippen molar-refractivity contribution in [3.05, 3.63) is 41.0 Å². The minimum atomic E-state index is 0.818. The van der Waals surface area contributed by atoms with E-state index < -0.39 is 0 Å². The van der Waals surface area contributed by atoms with Gasteiger partial charge >= 0.3 is 0 Å². The fourth-order valence-electron chi connectivity index (χ4n) is 2.11. The second kappa shape index (κ2) is 5.09. The monoisotopic (exact) mass is 285 g/mol. The van der Waals surface area contributed by atoms with E-state index in [-0.39, 0.29) is 0 Å². The fraction of sp³-hybridized carbons (Fsp3) is 0.200. The first-order valence-electron chi connectivity index (χ1n) is 6.31. The summed E-state index contributed by atoms with van der Waals surface area (Å²) < 4.78 is 5.24. The first kappa shape index (κ1) is 12.9. The summed E-state index contributed by atoms with van der Waals surface area (Å²) in [4.78, 5) is 11.0. The second-order valence-electron chi connectivity index (χ2n) is 4.54. The molecule has 3 rings (SSSR count). The van der Waals surface area contributed by atoms with Crippen molar-refractivity contribution in [3.8, 4) is 5.75 Å². The summed E-state index contributed by atoms with van der Waals surface area (Å²) in [5.41, 5.74) is 2.18. The highest BCUT2D eigenvalue weighted by molar-refractivity contribution is 7.18. The number of benzene rings is 1.